The highest BCUT2D eigenvalue weighted by atomic mass is 32.2. The predicted octanol–water partition coefficient (Wildman–Crippen LogP) is 2.37. The van der Waals surface area contributed by atoms with Gasteiger partial charge >= 0.3 is 6.03 Å². The van der Waals surface area contributed by atoms with Crippen LogP contribution in [0.25, 0.3) is 0 Å². The van der Waals surface area contributed by atoms with E-state index in [-0.39, 0.29) is 11.9 Å². The van der Waals surface area contributed by atoms with Gasteiger partial charge in [0.25, 0.3) is 0 Å². The number of thioether (sulfide) groups is 1. The Balaban J connectivity index is 2.21. The first-order chi connectivity index (χ1) is 9.10. The Bertz CT molecular complexity index is 272. The van der Waals surface area contributed by atoms with Crippen LogP contribution in [-0.4, -0.2) is 41.3 Å². The molecule has 112 valence electrons. The zero-order valence-electron chi connectivity index (χ0n) is 12.3. The molecule has 0 aromatic rings. The number of carbonyl (C=O) groups excluding carboxylic acids is 1. The number of hydrogen-bond acceptors (Lipinski definition) is 3. The minimum Gasteiger partial charge on any atom is -0.391 e. The van der Waals surface area contributed by atoms with Crippen LogP contribution >= 0.6 is 11.8 Å². The van der Waals surface area contributed by atoms with Gasteiger partial charge in [-0.3, -0.25) is 0 Å². The van der Waals surface area contributed by atoms with Crippen molar-refractivity contribution in [3.05, 3.63) is 0 Å². The molecular formula is C14H28N2O2S. The number of rotatable bonds is 7. The first-order valence-corrected chi connectivity index (χ1v) is 8.64. The first kappa shape index (κ1) is 16.6. The van der Waals surface area contributed by atoms with E-state index in [0.717, 1.165) is 25.7 Å². The monoisotopic (exact) mass is 288 g/mol. The average molecular weight is 288 g/mol. The van der Waals surface area contributed by atoms with Gasteiger partial charge in [0.05, 0.1) is 6.10 Å². The lowest BCUT2D eigenvalue weighted by Crippen LogP contribution is -2.45. The number of amides is 2. The second-order valence-electron chi connectivity index (χ2n) is 5.37. The summed E-state index contributed by atoms with van der Waals surface area (Å²) in [5.74, 6) is 0.271. The van der Waals surface area contributed by atoms with Crippen LogP contribution < -0.4 is 10.6 Å². The van der Waals surface area contributed by atoms with Crippen LogP contribution in [0.5, 0.6) is 0 Å². The second-order valence-corrected chi connectivity index (χ2v) is 6.50. The fourth-order valence-electron chi connectivity index (χ4n) is 2.72. The molecular weight excluding hydrogens is 260 g/mol. The van der Waals surface area contributed by atoms with Gasteiger partial charge in [-0.1, -0.05) is 26.7 Å². The predicted molar refractivity (Wildman–Crippen MR) is 81.6 cm³/mol. The molecule has 0 aromatic heterocycles. The van der Waals surface area contributed by atoms with E-state index in [1.165, 1.54) is 6.42 Å². The number of aliphatic hydroxyl groups excluding tert-OH is 1. The Morgan fingerprint density at radius 3 is 2.58 bits per heavy atom. The number of carbonyl (C=O) groups is 1. The smallest absolute Gasteiger partial charge is 0.315 e. The molecule has 3 unspecified atom stereocenters. The Labute approximate surface area is 121 Å². The van der Waals surface area contributed by atoms with Crippen molar-refractivity contribution in [1.29, 1.82) is 0 Å². The molecule has 5 heteroatoms. The summed E-state index contributed by atoms with van der Waals surface area (Å²) in [6, 6.07) is 0.152. The van der Waals surface area contributed by atoms with Gasteiger partial charge in [-0.2, -0.15) is 11.8 Å². The van der Waals surface area contributed by atoms with E-state index in [1.807, 2.05) is 11.8 Å². The largest absolute Gasteiger partial charge is 0.391 e. The normalized spacial score (nSPS) is 24.5. The molecule has 1 rings (SSSR count). The maximum atomic E-state index is 11.8. The molecule has 0 radical (unpaired) electrons. The zero-order valence-corrected chi connectivity index (χ0v) is 13.1. The molecule has 1 saturated carbocycles. The first-order valence-electron chi connectivity index (χ1n) is 7.35. The molecule has 0 saturated heterocycles. The highest BCUT2D eigenvalue weighted by Gasteiger charge is 2.25. The van der Waals surface area contributed by atoms with Crippen LogP contribution in [0.15, 0.2) is 0 Å². The number of urea groups is 1. The molecule has 4 nitrogen and oxygen atoms in total. The van der Waals surface area contributed by atoms with E-state index in [0.29, 0.717) is 17.8 Å². The van der Waals surface area contributed by atoms with Crippen LogP contribution in [0.1, 0.15) is 46.0 Å². The molecule has 3 N–H and O–H groups in total. The average Bonchev–Trinajstić information content (AvgIpc) is 2.85. The third-order valence-electron chi connectivity index (χ3n) is 4.12. The van der Waals surface area contributed by atoms with Gasteiger partial charge in [-0.15, -0.1) is 0 Å². The molecule has 1 aliphatic carbocycles. The molecule has 0 aromatic carbocycles. The summed E-state index contributed by atoms with van der Waals surface area (Å²) < 4.78 is 0. The Kier molecular flexibility index (Phi) is 7.61. The lowest BCUT2D eigenvalue weighted by atomic mass is 9.97. The maximum absolute atomic E-state index is 11.8. The van der Waals surface area contributed by atoms with E-state index >= 15 is 0 Å². The van der Waals surface area contributed by atoms with Crippen LogP contribution in [0, 0.1) is 5.92 Å². The lowest BCUT2D eigenvalue weighted by Gasteiger charge is -2.21. The summed E-state index contributed by atoms with van der Waals surface area (Å²) in [6.07, 6.45) is 6.88. The SMILES string of the molecule is CCC(CC)C(O)CNC(=O)NC1CCC(SC)C1. The van der Waals surface area contributed by atoms with Crippen molar-refractivity contribution in [3.8, 4) is 0 Å². The van der Waals surface area contributed by atoms with Crippen LogP contribution in [0.2, 0.25) is 0 Å². The highest BCUT2D eigenvalue weighted by molar-refractivity contribution is 7.99. The molecule has 19 heavy (non-hydrogen) atoms. The Morgan fingerprint density at radius 1 is 1.37 bits per heavy atom. The number of nitrogens with one attached hydrogen (secondary N) is 2. The standard InChI is InChI=1S/C14H28N2O2S/c1-4-10(5-2)13(17)9-15-14(18)16-11-6-7-12(8-11)19-3/h10-13,17H,4-9H2,1-3H3,(H2,15,16,18). The quantitative estimate of drug-likeness (QED) is 0.674. The molecule has 3 atom stereocenters. The fourth-order valence-corrected chi connectivity index (χ4v) is 3.52. The molecule has 2 amide bonds. The Morgan fingerprint density at radius 2 is 2.05 bits per heavy atom. The highest BCUT2D eigenvalue weighted by Crippen LogP contribution is 2.27. The maximum Gasteiger partial charge on any atom is 0.315 e. The molecule has 0 heterocycles. The van der Waals surface area contributed by atoms with Gasteiger partial charge in [-0.05, 0) is 31.4 Å². The van der Waals surface area contributed by atoms with Crippen molar-refractivity contribution >= 4 is 17.8 Å². The van der Waals surface area contributed by atoms with Gasteiger partial charge < -0.3 is 15.7 Å². The minimum absolute atomic E-state index is 0.142. The summed E-state index contributed by atoms with van der Waals surface area (Å²) in [5.41, 5.74) is 0. The van der Waals surface area contributed by atoms with E-state index in [1.54, 1.807) is 0 Å². The summed E-state index contributed by atoms with van der Waals surface area (Å²) in [6.45, 7) is 4.48. The molecule has 0 spiro atoms. The number of hydrogen-bond donors (Lipinski definition) is 3. The van der Waals surface area contributed by atoms with Crippen molar-refractivity contribution in [3.63, 3.8) is 0 Å². The van der Waals surface area contributed by atoms with Gasteiger partial charge in [-0.25, -0.2) is 4.79 Å². The lowest BCUT2D eigenvalue weighted by molar-refractivity contribution is 0.103. The topological polar surface area (TPSA) is 61.4 Å². The van der Waals surface area contributed by atoms with Crippen molar-refractivity contribution in [1.82, 2.24) is 10.6 Å². The Hall–Kier alpha value is -0.420. The summed E-state index contributed by atoms with van der Waals surface area (Å²) in [7, 11) is 0. The van der Waals surface area contributed by atoms with Crippen molar-refractivity contribution in [2.45, 2.75) is 63.3 Å². The van der Waals surface area contributed by atoms with E-state index in [9.17, 15) is 9.90 Å². The fraction of sp³-hybridized carbons (Fsp3) is 0.929. The zero-order chi connectivity index (χ0) is 14.3. The van der Waals surface area contributed by atoms with Gasteiger partial charge in [0, 0.05) is 17.8 Å². The molecule has 1 fully saturated rings. The van der Waals surface area contributed by atoms with Crippen LogP contribution in [0.3, 0.4) is 0 Å². The second kappa shape index (κ2) is 8.69. The van der Waals surface area contributed by atoms with Crippen molar-refractivity contribution in [2.75, 3.05) is 12.8 Å². The summed E-state index contributed by atoms with van der Waals surface area (Å²) in [5, 5.41) is 16.4. The van der Waals surface area contributed by atoms with Gasteiger partial charge in [0.2, 0.25) is 0 Å². The summed E-state index contributed by atoms with van der Waals surface area (Å²) in [4.78, 5) is 11.8. The molecule has 0 aliphatic heterocycles. The van der Waals surface area contributed by atoms with Gasteiger partial charge in [0.1, 0.15) is 0 Å². The van der Waals surface area contributed by atoms with E-state index in [2.05, 4.69) is 30.7 Å². The third-order valence-corrected chi connectivity index (χ3v) is 5.21. The molecule has 1 aliphatic rings. The van der Waals surface area contributed by atoms with E-state index < -0.39 is 6.10 Å². The third kappa shape index (κ3) is 5.61. The number of aliphatic hydroxyl groups is 1. The minimum atomic E-state index is -0.441. The van der Waals surface area contributed by atoms with Crippen LogP contribution in [0.4, 0.5) is 4.79 Å². The van der Waals surface area contributed by atoms with Crippen LogP contribution in [-0.2, 0) is 0 Å². The van der Waals surface area contributed by atoms with Crippen molar-refractivity contribution in [2.24, 2.45) is 5.92 Å². The van der Waals surface area contributed by atoms with Gasteiger partial charge in [0.15, 0.2) is 0 Å². The molecule has 0 bridgehead atoms. The summed E-state index contributed by atoms with van der Waals surface area (Å²) >= 11 is 1.88. The van der Waals surface area contributed by atoms with E-state index in [4.69, 9.17) is 0 Å². The van der Waals surface area contributed by atoms with Crippen molar-refractivity contribution < 1.29 is 9.90 Å².